The van der Waals surface area contributed by atoms with E-state index >= 15 is 4.39 Å². The molecule has 9 nitrogen and oxygen atoms in total. The van der Waals surface area contributed by atoms with Gasteiger partial charge in [0, 0.05) is 12.3 Å². The number of aliphatic hydroxyl groups excluding tert-OH is 3. The van der Waals surface area contributed by atoms with Crippen LogP contribution in [0, 0.1) is 50.7 Å². The number of ether oxygens (including phenoxy) is 4. The van der Waals surface area contributed by atoms with Gasteiger partial charge in [-0.05, 0) is 111 Å². The molecule has 268 valence electrons. The van der Waals surface area contributed by atoms with Crippen LogP contribution in [-0.4, -0.2) is 93.8 Å². The summed E-state index contributed by atoms with van der Waals surface area (Å²) in [5, 5.41) is 41.8. The van der Waals surface area contributed by atoms with E-state index in [0.29, 0.717) is 12.3 Å². The average Bonchev–Trinajstić information content (AvgIpc) is 3.61. The van der Waals surface area contributed by atoms with E-state index in [1.54, 1.807) is 13.8 Å². The van der Waals surface area contributed by atoms with Gasteiger partial charge in [0.05, 0.1) is 30.5 Å². The van der Waals surface area contributed by atoms with E-state index < -0.39 is 66.1 Å². The Balaban J connectivity index is 1.14. The normalized spacial score (nSPS) is 55.4. The summed E-state index contributed by atoms with van der Waals surface area (Å²) >= 11 is 0. The molecule has 4 N–H and O–H groups in total. The lowest BCUT2D eigenvalue weighted by molar-refractivity contribution is -0.303. The Kier molecular flexibility index (Phi) is 7.95. The van der Waals surface area contributed by atoms with Gasteiger partial charge in [-0.15, -0.1) is 0 Å². The standard InChI is InChI=1S/C37H59FO9/c1-18-15-21(30(33(5,6)43)45-19(2)39)46-28-25(18)34(7)13-14-37-17-36(37)12-11-24(47-31-27(42)26(41)20(40)16-44-31)32(3,4)22(36)9-10-23(37)35(34,8)29(28)38/h18,20-31,40-43H,9-17H2,1-8H3/t18-,20-,21-,22+,23+,24+,25+,26+,27-,28+,29?,30+,31+,34-,35-,36-,37+/m1/s1. The van der Waals surface area contributed by atoms with Crippen molar-refractivity contribution in [3.05, 3.63) is 0 Å². The van der Waals surface area contributed by atoms with Crippen molar-refractivity contribution in [2.24, 2.45) is 50.7 Å². The fourth-order valence-corrected chi connectivity index (χ4v) is 13.6. The van der Waals surface area contributed by atoms with Crippen molar-refractivity contribution in [3.63, 3.8) is 0 Å². The molecular formula is C37H59FO9. The predicted octanol–water partition coefficient (Wildman–Crippen LogP) is 4.30. The number of halogens is 1. The average molecular weight is 667 g/mol. The third-order valence-corrected chi connectivity index (χ3v) is 15.8. The highest BCUT2D eigenvalue weighted by molar-refractivity contribution is 5.66. The van der Waals surface area contributed by atoms with Crippen molar-refractivity contribution in [3.8, 4) is 0 Å². The Morgan fingerprint density at radius 3 is 2.30 bits per heavy atom. The molecule has 10 heteroatoms. The van der Waals surface area contributed by atoms with Crippen LogP contribution in [0.5, 0.6) is 0 Å². The van der Waals surface area contributed by atoms with E-state index in [1.807, 2.05) is 0 Å². The molecule has 1 unspecified atom stereocenters. The van der Waals surface area contributed by atoms with E-state index in [-0.39, 0.29) is 52.1 Å². The third kappa shape index (κ3) is 4.53. The SMILES string of the molecule is CC(=O)O[C@@H]([C@H]1C[C@@H](C)[C@H]2[C@H](O1)C(F)[C@@]1(C)[C@@H]3CC[C@H]4C(C)(C)[C@@H](O[C@@H]5OC[C@@H](O)[C@H](O)[C@H]5O)CC[C@@]45C[C@@]35CC[C@]21C)C(C)(C)O. The number of carbonyl (C=O) groups excluding carboxylic acids is 1. The first kappa shape index (κ1) is 34.6. The van der Waals surface area contributed by atoms with Gasteiger partial charge < -0.3 is 39.4 Å². The number of hydrogen-bond donors (Lipinski definition) is 4. The zero-order chi connectivity index (χ0) is 34.3. The Morgan fingerprint density at radius 1 is 0.979 bits per heavy atom. The summed E-state index contributed by atoms with van der Waals surface area (Å²) in [5.74, 6) is 0.315. The van der Waals surface area contributed by atoms with E-state index in [4.69, 9.17) is 18.9 Å². The van der Waals surface area contributed by atoms with Gasteiger partial charge in [-0.2, -0.15) is 0 Å². The van der Waals surface area contributed by atoms with Gasteiger partial charge >= 0.3 is 5.97 Å². The number of carbonyl (C=O) groups is 1. The van der Waals surface area contributed by atoms with Crippen LogP contribution in [-0.2, 0) is 23.7 Å². The first-order valence-corrected chi connectivity index (χ1v) is 18.3. The molecular weight excluding hydrogens is 607 g/mol. The van der Waals surface area contributed by atoms with Gasteiger partial charge in [-0.3, -0.25) is 4.79 Å². The van der Waals surface area contributed by atoms with Crippen LogP contribution >= 0.6 is 0 Å². The Labute approximate surface area is 279 Å². The van der Waals surface area contributed by atoms with E-state index in [2.05, 4.69) is 34.6 Å². The van der Waals surface area contributed by atoms with Crippen molar-refractivity contribution < 1.29 is 48.6 Å². The minimum Gasteiger partial charge on any atom is -0.457 e. The fraction of sp³-hybridized carbons (Fsp3) is 0.973. The number of rotatable bonds is 5. The number of esters is 1. The van der Waals surface area contributed by atoms with Crippen molar-refractivity contribution in [1.82, 2.24) is 0 Å². The summed E-state index contributed by atoms with van der Waals surface area (Å²) < 4.78 is 41.9. The number of hydrogen-bond acceptors (Lipinski definition) is 9. The Morgan fingerprint density at radius 2 is 1.64 bits per heavy atom. The van der Waals surface area contributed by atoms with E-state index in [0.717, 1.165) is 44.9 Å². The first-order valence-electron chi connectivity index (χ1n) is 18.3. The van der Waals surface area contributed by atoms with Crippen LogP contribution in [0.2, 0.25) is 0 Å². The van der Waals surface area contributed by atoms with Crippen molar-refractivity contribution in [1.29, 1.82) is 0 Å². The smallest absolute Gasteiger partial charge is 0.303 e. The van der Waals surface area contributed by atoms with Gasteiger partial charge in [0.15, 0.2) is 12.4 Å². The van der Waals surface area contributed by atoms with E-state index in [1.165, 1.54) is 6.92 Å². The van der Waals surface area contributed by atoms with Crippen LogP contribution in [0.3, 0.4) is 0 Å². The molecule has 47 heavy (non-hydrogen) atoms. The van der Waals surface area contributed by atoms with Crippen molar-refractivity contribution in [2.75, 3.05) is 6.61 Å². The lowest BCUT2D eigenvalue weighted by Gasteiger charge is -2.63. The summed E-state index contributed by atoms with van der Waals surface area (Å²) in [7, 11) is 0. The third-order valence-electron chi connectivity index (χ3n) is 15.8. The van der Waals surface area contributed by atoms with Crippen LogP contribution < -0.4 is 0 Å². The molecule has 2 aliphatic heterocycles. The molecule has 0 amide bonds. The van der Waals surface area contributed by atoms with Gasteiger partial charge in [-0.25, -0.2) is 4.39 Å². The molecule has 2 heterocycles. The second-order valence-electron chi connectivity index (χ2n) is 18.6. The minimum absolute atomic E-state index is 0.0414. The Bertz CT molecular complexity index is 1250. The number of alkyl halides is 1. The van der Waals surface area contributed by atoms with E-state index in [9.17, 15) is 25.2 Å². The first-order chi connectivity index (χ1) is 21.8. The Hall–Kier alpha value is -0.880. The van der Waals surface area contributed by atoms with Gasteiger partial charge in [0.25, 0.3) is 0 Å². The molecule has 5 aliphatic carbocycles. The van der Waals surface area contributed by atoms with Crippen LogP contribution in [0.4, 0.5) is 4.39 Å². The van der Waals surface area contributed by atoms with Gasteiger partial charge in [0.2, 0.25) is 0 Å². The van der Waals surface area contributed by atoms with Crippen molar-refractivity contribution >= 4 is 5.97 Å². The second kappa shape index (κ2) is 10.8. The van der Waals surface area contributed by atoms with Crippen LogP contribution in [0.25, 0.3) is 0 Å². The quantitative estimate of drug-likeness (QED) is 0.250. The molecule has 17 atom stereocenters. The number of fused-ring (bicyclic) bond motifs is 4. The molecule has 7 aliphatic rings. The van der Waals surface area contributed by atoms with Crippen molar-refractivity contribution in [2.45, 2.75) is 168 Å². The molecule has 5 saturated carbocycles. The summed E-state index contributed by atoms with van der Waals surface area (Å²) in [5.41, 5.74) is -2.16. The monoisotopic (exact) mass is 666 g/mol. The zero-order valence-corrected chi connectivity index (χ0v) is 29.6. The highest BCUT2D eigenvalue weighted by atomic mass is 19.1. The highest BCUT2D eigenvalue weighted by Gasteiger charge is 2.85. The summed E-state index contributed by atoms with van der Waals surface area (Å²) in [6.45, 7) is 15.8. The molecule has 2 spiro atoms. The van der Waals surface area contributed by atoms with Crippen LogP contribution in [0.1, 0.15) is 107 Å². The van der Waals surface area contributed by atoms with Gasteiger partial charge in [-0.1, -0.05) is 34.6 Å². The molecule has 7 fully saturated rings. The molecule has 0 aromatic carbocycles. The second-order valence-corrected chi connectivity index (χ2v) is 18.6. The maximum Gasteiger partial charge on any atom is 0.303 e. The fourth-order valence-electron chi connectivity index (χ4n) is 13.6. The maximum atomic E-state index is 17.6. The predicted molar refractivity (Wildman–Crippen MR) is 169 cm³/mol. The highest BCUT2D eigenvalue weighted by Crippen LogP contribution is 2.89. The number of aliphatic hydroxyl groups is 4. The molecule has 0 aromatic rings. The molecule has 0 aromatic heterocycles. The molecule has 2 saturated heterocycles. The molecule has 0 bridgehead atoms. The largest absolute Gasteiger partial charge is 0.457 e. The topological polar surface area (TPSA) is 135 Å². The maximum absolute atomic E-state index is 17.6. The summed E-state index contributed by atoms with van der Waals surface area (Å²) in [6.07, 6.45) is -0.677. The molecule has 0 radical (unpaired) electrons. The zero-order valence-electron chi connectivity index (χ0n) is 29.6. The summed E-state index contributed by atoms with van der Waals surface area (Å²) in [6, 6.07) is 0. The lowest BCUT2D eigenvalue weighted by atomic mass is 9.41. The van der Waals surface area contributed by atoms with Crippen LogP contribution in [0.15, 0.2) is 0 Å². The lowest BCUT2D eigenvalue weighted by Crippen LogP contribution is -2.60. The summed E-state index contributed by atoms with van der Waals surface area (Å²) in [4.78, 5) is 12.0. The molecule has 7 rings (SSSR count). The van der Waals surface area contributed by atoms with Gasteiger partial charge in [0.1, 0.15) is 24.5 Å². The minimum atomic E-state index is -1.33.